The molecular formula is C13H13F. The van der Waals surface area contributed by atoms with Gasteiger partial charge in [0, 0.05) is 5.39 Å². The Balaban J connectivity index is 2.76. The van der Waals surface area contributed by atoms with Gasteiger partial charge in [-0.15, -0.1) is 0 Å². The molecular weight excluding hydrogens is 175 g/mol. The van der Waals surface area contributed by atoms with Crippen LogP contribution in [0.2, 0.25) is 0 Å². The molecule has 2 aromatic carbocycles. The Labute approximate surface area is 83.4 Å². The van der Waals surface area contributed by atoms with E-state index in [0.29, 0.717) is 0 Å². The summed E-state index contributed by atoms with van der Waals surface area (Å²) >= 11 is 0. The number of aryl methyl sites for hydroxylation is 2. The maximum absolute atomic E-state index is 13.6. The van der Waals surface area contributed by atoms with Crippen molar-refractivity contribution >= 4 is 10.8 Å². The van der Waals surface area contributed by atoms with Gasteiger partial charge in [0.25, 0.3) is 0 Å². The lowest BCUT2D eigenvalue weighted by atomic mass is 10.0. The van der Waals surface area contributed by atoms with E-state index in [0.717, 1.165) is 28.3 Å². The third kappa shape index (κ3) is 1.50. The predicted molar refractivity (Wildman–Crippen MR) is 58.0 cm³/mol. The molecule has 0 radical (unpaired) electrons. The zero-order chi connectivity index (χ0) is 10.1. The largest absolute Gasteiger partial charge is 0.206 e. The van der Waals surface area contributed by atoms with Crippen molar-refractivity contribution in [3.8, 4) is 0 Å². The van der Waals surface area contributed by atoms with Gasteiger partial charge < -0.3 is 0 Å². The molecule has 0 nitrogen and oxygen atoms in total. The molecule has 0 aliphatic heterocycles. The third-order valence-electron chi connectivity index (χ3n) is 2.53. The summed E-state index contributed by atoms with van der Waals surface area (Å²) in [5.74, 6) is -0.108. The van der Waals surface area contributed by atoms with Crippen LogP contribution in [0.15, 0.2) is 30.3 Å². The highest BCUT2D eigenvalue weighted by Crippen LogP contribution is 2.21. The summed E-state index contributed by atoms with van der Waals surface area (Å²) in [7, 11) is 0. The number of benzene rings is 2. The zero-order valence-electron chi connectivity index (χ0n) is 8.47. The summed E-state index contributed by atoms with van der Waals surface area (Å²) in [4.78, 5) is 0. The average molecular weight is 188 g/mol. The summed E-state index contributed by atoms with van der Waals surface area (Å²) in [6.45, 7) is 4.02. The molecule has 2 rings (SSSR count). The van der Waals surface area contributed by atoms with Crippen molar-refractivity contribution in [3.05, 3.63) is 47.3 Å². The van der Waals surface area contributed by atoms with Crippen LogP contribution in [0.1, 0.15) is 18.1 Å². The Bertz CT molecular complexity index is 472. The summed E-state index contributed by atoms with van der Waals surface area (Å²) in [5.41, 5.74) is 2.15. The molecule has 0 bridgehead atoms. The van der Waals surface area contributed by atoms with Gasteiger partial charge in [0.2, 0.25) is 0 Å². The van der Waals surface area contributed by atoms with Gasteiger partial charge in [-0.2, -0.15) is 0 Å². The zero-order valence-corrected chi connectivity index (χ0v) is 8.47. The number of halogens is 1. The number of fused-ring (bicyclic) bond motifs is 1. The van der Waals surface area contributed by atoms with Crippen molar-refractivity contribution in [1.82, 2.24) is 0 Å². The first-order valence-electron chi connectivity index (χ1n) is 4.89. The van der Waals surface area contributed by atoms with E-state index < -0.39 is 0 Å². The minimum absolute atomic E-state index is 0.108. The van der Waals surface area contributed by atoms with E-state index in [9.17, 15) is 4.39 Å². The van der Waals surface area contributed by atoms with Gasteiger partial charge in [0.1, 0.15) is 5.82 Å². The highest BCUT2D eigenvalue weighted by molar-refractivity contribution is 5.84. The molecule has 0 N–H and O–H groups in total. The normalized spacial score (nSPS) is 10.8. The molecule has 0 atom stereocenters. The minimum atomic E-state index is -0.108. The van der Waals surface area contributed by atoms with Gasteiger partial charge in [-0.3, -0.25) is 0 Å². The number of hydrogen-bond acceptors (Lipinski definition) is 0. The highest BCUT2D eigenvalue weighted by Gasteiger charge is 2.02. The summed E-state index contributed by atoms with van der Waals surface area (Å²) < 4.78 is 13.6. The molecule has 0 aliphatic rings. The van der Waals surface area contributed by atoms with Gasteiger partial charge in [0.05, 0.1) is 0 Å². The van der Waals surface area contributed by atoms with Crippen molar-refractivity contribution in [2.45, 2.75) is 20.3 Å². The van der Waals surface area contributed by atoms with Crippen LogP contribution in [0.25, 0.3) is 10.8 Å². The minimum Gasteiger partial charge on any atom is -0.206 e. The maximum Gasteiger partial charge on any atom is 0.131 e. The molecule has 14 heavy (non-hydrogen) atoms. The lowest BCUT2D eigenvalue weighted by Gasteiger charge is -2.04. The Kier molecular flexibility index (Phi) is 2.24. The van der Waals surface area contributed by atoms with Crippen LogP contribution in [-0.4, -0.2) is 0 Å². The molecule has 0 spiro atoms. The molecule has 0 aliphatic carbocycles. The molecule has 0 aromatic heterocycles. The maximum atomic E-state index is 13.6. The Morgan fingerprint density at radius 1 is 1.14 bits per heavy atom. The first-order valence-corrected chi connectivity index (χ1v) is 4.89. The highest BCUT2D eigenvalue weighted by atomic mass is 19.1. The second-order valence-electron chi connectivity index (χ2n) is 3.66. The fourth-order valence-electron chi connectivity index (χ4n) is 1.69. The van der Waals surface area contributed by atoms with Crippen LogP contribution in [-0.2, 0) is 6.42 Å². The van der Waals surface area contributed by atoms with Gasteiger partial charge in [-0.1, -0.05) is 30.7 Å². The standard InChI is InChI=1S/C13H13F/c1-3-10-7-11-5-4-9(2)6-12(11)13(14)8-10/h4-8H,3H2,1-2H3. The molecule has 0 saturated heterocycles. The average Bonchev–Trinajstić information content (AvgIpc) is 2.19. The van der Waals surface area contributed by atoms with E-state index in [4.69, 9.17) is 0 Å². The van der Waals surface area contributed by atoms with Crippen molar-refractivity contribution in [3.63, 3.8) is 0 Å². The molecule has 72 valence electrons. The SMILES string of the molecule is CCc1cc(F)c2cc(C)ccc2c1. The van der Waals surface area contributed by atoms with E-state index in [-0.39, 0.29) is 5.82 Å². The first kappa shape index (κ1) is 9.20. The van der Waals surface area contributed by atoms with E-state index in [1.807, 2.05) is 32.0 Å². The van der Waals surface area contributed by atoms with Crippen molar-refractivity contribution < 1.29 is 4.39 Å². The topological polar surface area (TPSA) is 0 Å². The summed E-state index contributed by atoms with van der Waals surface area (Å²) in [5, 5.41) is 1.72. The van der Waals surface area contributed by atoms with Crippen LogP contribution in [0.4, 0.5) is 4.39 Å². The van der Waals surface area contributed by atoms with Crippen LogP contribution in [0, 0.1) is 12.7 Å². The Morgan fingerprint density at radius 2 is 1.93 bits per heavy atom. The molecule has 0 heterocycles. The lowest BCUT2D eigenvalue weighted by molar-refractivity contribution is 0.638. The van der Waals surface area contributed by atoms with Crippen molar-refractivity contribution in [1.29, 1.82) is 0 Å². The van der Waals surface area contributed by atoms with Crippen molar-refractivity contribution in [2.75, 3.05) is 0 Å². The number of rotatable bonds is 1. The van der Waals surface area contributed by atoms with E-state index in [1.165, 1.54) is 0 Å². The molecule has 0 unspecified atom stereocenters. The second-order valence-corrected chi connectivity index (χ2v) is 3.66. The van der Waals surface area contributed by atoms with Gasteiger partial charge in [-0.25, -0.2) is 4.39 Å². The van der Waals surface area contributed by atoms with Crippen LogP contribution in [0.5, 0.6) is 0 Å². The smallest absolute Gasteiger partial charge is 0.131 e. The van der Waals surface area contributed by atoms with Crippen LogP contribution < -0.4 is 0 Å². The monoisotopic (exact) mass is 188 g/mol. The summed E-state index contributed by atoms with van der Waals surface area (Å²) in [6.07, 6.45) is 0.876. The fourth-order valence-corrected chi connectivity index (χ4v) is 1.69. The molecule has 2 aromatic rings. The van der Waals surface area contributed by atoms with E-state index in [2.05, 4.69) is 6.07 Å². The van der Waals surface area contributed by atoms with Gasteiger partial charge >= 0.3 is 0 Å². The lowest BCUT2D eigenvalue weighted by Crippen LogP contribution is -1.86. The molecule has 0 fully saturated rings. The van der Waals surface area contributed by atoms with Gasteiger partial charge in [0.15, 0.2) is 0 Å². The number of hydrogen-bond donors (Lipinski definition) is 0. The van der Waals surface area contributed by atoms with E-state index in [1.54, 1.807) is 6.07 Å². The Hall–Kier alpha value is -1.37. The Morgan fingerprint density at radius 3 is 2.64 bits per heavy atom. The first-order chi connectivity index (χ1) is 6.70. The molecule has 0 saturated carbocycles. The third-order valence-corrected chi connectivity index (χ3v) is 2.53. The predicted octanol–water partition coefficient (Wildman–Crippen LogP) is 3.85. The van der Waals surface area contributed by atoms with Crippen LogP contribution in [0.3, 0.4) is 0 Å². The fraction of sp³-hybridized carbons (Fsp3) is 0.231. The van der Waals surface area contributed by atoms with Crippen LogP contribution >= 0.6 is 0 Å². The molecule has 0 amide bonds. The van der Waals surface area contributed by atoms with Gasteiger partial charge in [-0.05, 0) is 36.4 Å². The second kappa shape index (κ2) is 3.41. The van der Waals surface area contributed by atoms with E-state index >= 15 is 0 Å². The van der Waals surface area contributed by atoms with Crippen molar-refractivity contribution in [2.24, 2.45) is 0 Å². The molecule has 1 heteroatoms. The quantitative estimate of drug-likeness (QED) is 0.637. The summed E-state index contributed by atoms with van der Waals surface area (Å²) in [6, 6.07) is 9.57.